The van der Waals surface area contributed by atoms with Gasteiger partial charge < -0.3 is 64.2 Å². The van der Waals surface area contributed by atoms with Crippen molar-refractivity contribution in [3.05, 3.63) is 35.4 Å². The number of aliphatic hydroxyl groups is 1. The number of amides is 9. The number of halogens is 3. The predicted molar refractivity (Wildman–Crippen MR) is 198 cm³/mol. The molecule has 2 aliphatic heterocycles. The smallest absolute Gasteiger partial charge is 0.416 e. The highest BCUT2D eigenvalue weighted by Gasteiger charge is 2.41. The molecule has 0 radical (unpaired) electrons. The van der Waals surface area contributed by atoms with Crippen molar-refractivity contribution in [2.75, 3.05) is 31.1 Å². The second-order valence-corrected chi connectivity index (χ2v) is 15.6. The molecular weight excluding hydrogens is 838 g/mol. The molecular formula is C32H41F3N10O12S2. The molecule has 59 heavy (non-hydrogen) atoms. The summed E-state index contributed by atoms with van der Waals surface area (Å²) >= 11 is 0. The fourth-order valence-corrected chi connectivity index (χ4v) is 7.82. The van der Waals surface area contributed by atoms with Crippen molar-refractivity contribution in [3.63, 3.8) is 0 Å². The molecule has 0 unspecified atom stereocenters. The van der Waals surface area contributed by atoms with Crippen LogP contribution in [0.25, 0.3) is 0 Å². The van der Waals surface area contributed by atoms with E-state index in [0.717, 1.165) is 38.6 Å². The van der Waals surface area contributed by atoms with Crippen LogP contribution in [0.4, 0.5) is 13.2 Å². The van der Waals surface area contributed by atoms with Crippen LogP contribution in [0.15, 0.2) is 24.3 Å². The zero-order valence-corrected chi connectivity index (χ0v) is 32.2. The minimum absolute atomic E-state index is 0.221. The van der Waals surface area contributed by atoms with Crippen molar-refractivity contribution >= 4 is 80.7 Å². The Bertz CT molecular complexity index is 1830. The average Bonchev–Trinajstić information content (AvgIpc) is 3.55. The van der Waals surface area contributed by atoms with Crippen molar-refractivity contribution in [2.45, 2.75) is 67.8 Å². The van der Waals surface area contributed by atoms with Gasteiger partial charge in [-0.15, -0.1) is 0 Å². The Labute approximate surface area is 339 Å². The van der Waals surface area contributed by atoms with Crippen molar-refractivity contribution in [1.82, 2.24) is 36.8 Å². The highest BCUT2D eigenvalue weighted by atomic mass is 33.1. The number of carboxylic acid groups (broad SMARTS) is 1. The third kappa shape index (κ3) is 14.6. The molecule has 2 aliphatic rings. The summed E-state index contributed by atoms with van der Waals surface area (Å²) in [4.78, 5) is 129. The standard InChI is InChI=1S/C32H41F3N10O12S2/c33-32(34,35)14-3-1-2-13(4-14)25-31(57)40-9-23(49)45-10-15(46)5-20(45)30(56)42-17(6-21(37)47)29(55)43-19(26(38)52)12-59-58-11-16(36)27(53)41-18(7-24(50)51)28(54)39-8-22(48)44-25/h1-4,15-20,25,46H,5-12,36H2,(H2,37,47)(H2,38,52)(H,39,54)(H,40,57)(H,41,53)(H,42,56)(H,43,55)(H,44,48)(H,50,51)/t15-,16-,17+,18-,19-,20+,25+/m1/s1. The summed E-state index contributed by atoms with van der Waals surface area (Å²) in [5.74, 6) is -12.1. The molecule has 0 bridgehead atoms. The van der Waals surface area contributed by atoms with Crippen LogP contribution in [-0.4, -0.2) is 142 Å². The minimum Gasteiger partial charge on any atom is -0.481 e. The largest absolute Gasteiger partial charge is 0.481 e. The number of rotatable bonds is 6. The molecule has 0 aliphatic carbocycles. The third-order valence-corrected chi connectivity index (χ3v) is 10.9. The molecule has 0 saturated carbocycles. The van der Waals surface area contributed by atoms with E-state index in [-0.39, 0.29) is 11.5 Å². The third-order valence-electron chi connectivity index (χ3n) is 8.47. The van der Waals surface area contributed by atoms with Gasteiger partial charge in [0.2, 0.25) is 53.2 Å². The van der Waals surface area contributed by atoms with Crippen molar-refractivity contribution < 1.29 is 71.3 Å². The van der Waals surface area contributed by atoms with E-state index in [4.69, 9.17) is 17.2 Å². The highest BCUT2D eigenvalue weighted by Crippen LogP contribution is 2.31. The van der Waals surface area contributed by atoms with Gasteiger partial charge in [0, 0.05) is 24.5 Å². The summed E-state index contributed by atoms with van der Waals surface area (Å²) in [6.07, 6.45) is -8.41. The molecule has 27 heteroatoms. The van der Waals surface area contributed by atoms with Crippen molar-refractivity contribution in [2.24, 2.45) is 17.2 Å². The average molecular weight is 879 g/mol. The van der Waals surface area contributed by atoms with Gasteiger partial charge in [-0.05, 0) is 17.7 Å². The highest BCUT2D eigenvalue weighted by molar-refractivity contribution is 8.76. The molecule has 14 N–H and O–H groups in total. The van der Waals surface area contributed by atoms with Crippen LogP contribution in [0.1, 0.15) is 36.4 Å². The SMILES string of the molecule is NC(=O)C[C@@H]1NC(=O)[C@@H]2C[C@@H](O)CN2C(=O)CNC(=O)[C@H](c2cccc(C(F)(F)F)c2)NC(=O)CNC(=O)[C@@H](CC(=O)O)NC(=O)[C@H](N)CSSC[C@H](C(N)=O)NC1=O. The molecule has 3 rings (SSSR count). The van der Waals surface area contributed by atoms with E-state index in [1.807, 2.05) is 0 Å². The second kappa shape index (κ2) is 21.4. The topological polar surface area (TPSA) is 365 Å². The van der Waals surface area contributed by atoms with Crippen LogP contribution in [0.2, 0.25) is 0 Å². The number of nitrogens with one attached hydrogen (secondary N) is 6. The number of aliphatic carboxylic acids is 1. The van der Waals surface area contributed by atoms with Crippen molar-refractivity contribution in [3.8, 4) is 0 Å². The molecule has 0 spiro atoms. The molecule has 2 heterocycles. The number of benzene rings is 1. The summed E-state index contributed by atoms with van der Waals surface area (Å²) in [6.45, 7) is -2.43. The van der Waals surface area contributed by atoms with Crippen LogP contribution in [-0.2, 0) is 54.1 Å². The van der Waals surface area contributed by atoms with Gasteiger partial charge in [-0.3, -0.25) is 47.9 Å². The van der Waals surface area contributed by atoms with Gasteiger partial charge in [-0.25, -0.2) is 0 Å². The Kier molecular flexibility index (Phi) is 17.3. The molecule has 1 aromatic rings. The first-order valence-corrected chi connectivity index (χ1v) is 19.8. The van der Waals surface area contributed by atoms with Crippen molar-refractivity contribution in [1.29, 1.82) is 0 Å². The number of nitrogens with two attached hydrogens (primary N) is 3. The number of hydrogen-bond donors (Lipinski definition) is 11. The first kappa shape index (κ1) is 47.7. The summed E-state index contributed by atoms with van der Waals surface area (Å²) in [7, 11) is 1.78. The van der Waals surface area contributed by atoms with Crippen LogP contribution in [0, 0.1) is 0 Å². The van der Waals surface area contributed by atoms with Crippen LogP contribution in [0.5, 0.6) is 0 Å². The second-order valence-electron chi connectivity index (χ2n) is 13.0. The summed E-state index contributed by atoms with van der Waals surface area (Å²) in [5.41, 5.74) is 14.9. The van der Waals surface area contributed by atoms with E-state index in [2.05, 4.69) is 31.9 Å². The van der Waals surface area contributed by atoms with Crippen LogP contribution >= 0.6 is 21.6 Å². The van der Waals surface area contributed by atoms with E-state index in [0.29, 0.717) is 12.1 Å². The van der Waals surface area contributed by atoms with Gasteiger partial charge in [-0.1, -0.05) is 33.7 Å². The quantitative estimate of drug-likeness (QED) is 0.119. The lowest BCUT2D eigenvalue weighted by Crippen LogP contribution is -2.57. The Morgan fingerprint density at radius 2 is 1.44 bits per heavy atom. The monoisotopic (exact) mass is 878 g/mol. The van der Waals surface area contributed by atoms with Gasteiger partial charge in [-0.2, -0.15) is 13.2 Å². The Hall–Kier alpha value is -5.67. The lowest BCUT2D eigenvalue weighted by Gasteiger charge is -2.27. The fourth-order valence-electron chi connectivity index (χ4n) is 5.52. The van der Waals surface area contributed by atoms with E-state index in [1.54, 1.807) is 0 Å². The molecule has 2 saturated heterocycles. The molecule has 0 aromatic heterocycles. The number of carbonyl (C=O) groups excluding carboxylic acids is 9. The lowest BCUT2D eigenvalue weighted by molar-refractivity contribution is -0.141. The minimum atomic E-state index is -4.90. The zero-order chi connectivity index (χ0) is 44.2. The Morgan fingerprint density at radius 3 is 2.07 bits per heavy atom. The number of carbonyl (C=O) groups is 10. The molecule has 9 amide bonds. The maximum Gasteiger partial charge on any atom is 0.416 e. The molecule has 7 atom stereocenters. The van der Waals surface area contributed by atoms with Gasteiger partial charge in [0.05, 0.1) is 43.6 Å². The maximum atomic E-state index is 13.6. The Morgan fingerprint density at radius 1 is 0.814 bits per heavy atom. The number of alkyl halides is 3. The molecule has 22 nitrogen and oxygen atoms in total. The summed E-state index contributed by atoms with van der Waals surface area (Å²) in [5, 5.41) is 32.7. The number of carboxylic acids is 1. The molecule has 324 valence electrons. The normalized spacial score (nSPS) is 26.6. The van der Waals surface area contributed by atoms with Gasteiger partial charge in [0.25, 0.3) is 0 Å². The molecule has 2 fully saturated rings. The summed E-state index contributed by atoms with van der Waals surface area (Å²) in [6, 6.07) is -6.68. The number of aliphatic hydroxyl groups excluding tert-OH is 1. The van der Waals surface area contributed by atoms with E-state index < -0.39 is 158 Å². The van der Waals surface area contributed by atoms with Crippen LogP contribution in [0.3, 0.4) is 0 Å². The first-order chi connectivity index (χ1) is 27.6. The fraction of sp³-hybridized carbons (Fsp3) is 0.500. The van der Waals surface area contributed by atoms with Gasteiger partial charge >= 0.3 is 12.1 Å². The number of primary amides is 2. The van der Waals surface area contributed by atoms with Gasteiger partial charge in [0.15, 0.2) is 0 Å². The van der Waals surface area contributed by atoms with E-state index >= 15 is 0 Å². The van der Waals surface area contributed by atoms with Gasteiger partial charge in [0.1, 0.15) is 30.2 Å². The lowest BCUT2D eigenvalue weighted by atomic mass is 10.0. The van der Waals surface area contributed by atoms with E-state index in [9.17, 15) is 71.3 Å². The number of hydrogen-bond acceptors (Lipinski definition) is 14. The maximum absolute atomic E-state index is 13.6. The summed E-state index contributed by atoms with van der Waals surface area (Å²) < 4.78 is 40.8. The van der Waals surface area contributed by atoms with Crippen LogP contribution < -0.4 is 49.1 Å². The number of nitrogens with zero attached hydrogens (tertiary/aromatic N) is 1. The van der Waals surface area contributed by atoms with E-state index in [1.165, 1.54) is 0 Å². The number of fused-ring (bicyclic) bond motifs is 1. The predicted octanol–water partition coefficient (Wildman–Crippen LogP) is -4.93. The molecule has 1 aromatic carbocycles. The Balaban J connectivity index is 1.98. The zero-order valence-electron chi connectivity index (χ0n) is 30.6. The first-order valence-electron chi connectivity index (χ1n) is 17.3.